The molecular weight excluding hydrogens is 594 g/mol. The Morgan fingerprint density at radius 3 is 1.18 bits per heavy atom. The van der Waals surface area contributed by atoms with Gasteiger partial charge in [0.1, 0.15) is 5.60 Å². The minimum atomic E-state index is -1.40. The number of amides is 6. The number of esters is 1. The average Bonchev–Trinajstić information content (AvgIpc) is 3.57. The van der Waals surface area contributed by atoms with Crippen molar-refractivity contribution in [2.45, 2.75) is 32.8 Å². The Hall–Kier alpha value is -4.05. The van der Waals surface area contributed by atoms with E-state index in [0.717, 1.165) is 51.2 Å². The quantitative estimate of drug-likeness (QED) is 0.0960. The lowest BCUT2D eigenvalue weighted by atomic mass is 9.86. The van der Waals surface area contributed by atoms with Crippen LogP contribution in [0.4, 0.5) is 0 Å². The summed E-state index contributed by atoms with van der Waals surface area (Å²) >= 11 is 0. The van der Waals surface area contributed by atoms with Crippen molar-refractivity contribution in [3.63, 3.8) is 0 Å². The molecule has 0 atom stereocenters. The average molecular weight is 634 g/mol. The summed E-state index contributed by atoms with van der Waals surface area (Å²) in [4.78, 5) is 89.0. The lowest BCUT2D eigenvalue weighted by Gasteiger charge is -2.40. The normalized spacial score (nSPS) is 16.8. The highest BCUT2D eigenvalue weighted by atomic mass is 16.6. The molecule has 3 heterocycles. The molecule has 0 radical (unpaired) electrons. The summed E-state index contributed by atoms with van der Waals surface area (Å²) in [6.45, 7) is 5.62. The van der Waals surface area contributed by atoms with Gasteiger partial charge in [0.25, 0.3) is 35.4 Å². The third-order valence-electron chi connectivity index (χ3n) is 6.58. The van der Waals surface area contributed by atoms with E-state index in [2.05, 4.69) is 0 Å². The van der Waals surface area contributed by atoms with Crippen LogP contribution < -0.4 is 0 Å². The van der Waals surface area contributed by atoms with Gasteiger partial charge in [-0.05, 0) is 20.8 Å². The van der Waals surface area contributed by atoms with Crippen LogP contribution in [0.25, 0.3) is 0 Å². The van der Waals surface area contributed by atoms with Crippen LogP contribution in [0.5, 0.6) is 0 Å². The van der Waals surface area contributed by atoms with Gasteiger partial charge >= 0.3 is 5.97 Å². The number of carbonyl (C=O) groups is 7. The maximum atomic E-state index is 12.4. The lowest BCUT2D eigenvalue weighted by molar-refractivity contribution is -0.156. The Morgan fingerprint density at radius 1 is 0.533 bits per heavy atom. The van der Waals surface area contributed by atoms with E-state index in [1.54, 1.807) is 20.8 Å². The van der Waals surface area contributed by atoms with Gasteiger partial charge in [0.2, 0.25) is 0 Å². The molecule has 0 aromatic heterocycles. The van der Waals surface area contributed by atoms with E-state index in [-0.39, 0.29) is 71.7 Å². The van der Waals surface area contributed by atoms with Gasteiger partial charge in [-0.3, -0.25) is 48.3 Å². The van der Waals surface area contributed by atoms with E-state index in [0.29, 0.717) is 13.2 Å². The van der Waals surface area contributed by atoms with E-state index in [9.17, 15) is 33.6 Å². The zero-order chi connectivity index (χ0) is 33.0. The van der Waals surface area contributed by atoms with E-state index in [4.69, 9.17) is 23.7 Å². The molecule has 6 amide bonds. The summed E-state index contributed by atoms with van der Waals surface area (Å²) < 4.78 is 27.3. The first kappa shape index (κ1) is 35.4. The van der Waals surface area contributed by atoms with Crippen molar-refractivity contribution in [2.24, 2.45) is 5.41 Å². The monoisotopic (exact) mass is 633 g/mol. The maximum absolute atomic E-state index is 12.4. The van der Waals surface area contributed by atoms with Crippen LogP contribution in [0.2, 0.25) is 0 Å². The number of imide groups is 3. The summed E-state index contributed by atoms with van der Waals surface area (Å²) in [6.07, 6.45) is 6.65. The van der Waals surface area contributed by atoms with Crippen molar-refractivity contribution in [2.75, 3.05) is 72.5 Å². The van der Waals surface area contributed by atoms with Crippen molar-refractivity contribution >= 4 is 41.4 Å². The second-order valence-corrected chi connectivity index (χ2v) is 11.5. The molecule has 0 aromatic rings. The van der Waals surface area contributed by atoms with Gasteiger partial charge in [-0.1, -0.05) is 0 Å². The molecule has 0 aromatic carbocycles. The number of hydrogen-bond donors (Lipinski definition) is 0. The number of hydrogen-bond acceptors (Lipinski definition) is 12. The van der Waals surface area contributed by atoms with Crippen LogP contribution in [0.3, 0.4) is 0 Å². The summed E-state index contributed by atoms with van der Waals surface area (Å²) in [6, 6.07) is 0. The molecule has 0 saturated heterocycles. The first-order chi connectivity index (χ1) is 21.3. The summed E-state index contributed by atoms with van der Waals surface area (Å²) in [7, 11) is 0. The zero-order valence-electron chi connectivity index (χ0n) is 25.7. The van der Waals surface area contributed by atoms with Gasteiger partial charge in [-0.25, -0.2) is 0 Å². The van der Waals surface area contributed by atoms with E-state index in [1.807, 2.05) is 0 Å². The third kappa shape index (κ3) is 11.1. The van der Waals surface area contributed by atoms with Crippen LogP contribution in [0.1, 0.15) is 27.2 Å². The summed E-state index contributed by atoms with van der Waals surface area (Å²) in [5, 5.41) is 0. The number of ether oxygens (including phenoxy) is 5. The fraction of sp³-hybridized carbons (Fsp3) is 0.567. The summed E-state index contributed by atoms with van der Waals surface area (Å²) in [5.41, 5.74) is -1.95. The molecule has 0 fully saturated rings. The molecule has 0 aliphatic carbocycles. The molecule has 15 nitrogen and oxygen atoms in total. The Morgan fingerprint density at radius 2 is 0.844 bits per heavy atom. The van der Waals surface area contributed by atoms with Crippen molar-refractivity contribution in [1.82, 2.24) is 14.7 Å². The maximum Gasteiger partial charge on any atom is 0.308 e. The minimum absolute atomic E-state index is 0.0377. The molecule has 0 N–H and O–H groups in total. The van der Waals surface area contributed by atoms with Gasteiger partial charge in [-0.15, -0.1) is 0 Å². The van der Waals surface area contributed by atoms with Crippen LogP contribution >= 0.6 is 0 Å². The standard InChI is InChI=1S/C30H39N3O12/c1-29(2,3)45-28(40)10-11-41-12-13-42-14-15-43-16-17-44-21-30(18-31-22(34)4-5-23(31)35,19-32-24(36)6-7-25(32)37)20-33-26(38)8-9-27(33)39/h4-9H,10-21H2,1-3H3. The van der Waals surface area contributed by atoms with E-state index < -0.39 is 46.5 Å². The van der Waals surface area contributed by atoms with Crippen LogP contribution in [-0.4, -0.2) is 134 Å². The number of rotatable bonds is 20. The summed E-state index contributed by atoms with van der Waals surface area (Å²) in [5.74, 6) is -4.03. The SMILES string of the molecule is CC(C)(C)OC(=O)CCOCCOCCOCCOCC(CN1C(=O)C=CC1=O)(CN1C(=O)C=CC1=O)CN1C(=O)C=CC1=O. The van der Waals surface area contributed by atoms with E-state index in [1.165, 1.54) is 0 Å². The number of carbonyl (C=O) groups excluding carboxylic acids is 7. The molecule has 3 aliphatic rings. The highest BCUT2D eigenvalue weighted by molar-refractivity contribution is 6.14. The van der Waals surface area contributed by atoms with Crippen LogP contribution in [-0.2, 0) is 57.2 Å². The van der Waals surface area contributed by atoms with E-state index >= 15 is 0 Å². The molecule has 0 saturated carbocycles. The fourth-order valence-corrected chi connectivity index (χ4v) is 4.55. The van der Waals surface area contributed by atoms with Gasteiger partial charge < -0.3 is 23.7 Å². The fourth-order valence-electron chi connectivity index (χ4n) is 4.55. The first-order valence-electron chi connectivity index (χ1n) is 14.4. The molecule has 0 unspecified atom stereocenters. The molecule has 45 heavy (non-hydrogen) atoms. The Labute approximate surface area is 260 Å². The van der Waals surface area contributed by atoms with Crippen molar-refractivity contribution in [1.29, 1.82) is 0 Å². The highest BCUT2D eigenvalue weighted by Crippen LogP contribution is 2.28. The highest BCUT2D eigenvalue weighted by Gasteiger charge is 2.45. The topological polar surface area (TPSA) is 175 Å². The molecule has 246 valence electrons. The molecule has 0 spiro atoms. The molecular formula is C30H39N3O12. The smallest absolute Gasteiger partial charge is 0.308 e. The molecule has 0 bridgehead atoms. The van der Waals surface area contributed by atoms with Crippen molar-refractivity contribution < 1.29 is 57.2 Å². The second-order valence-electron chi connectivity index (χ2n) is 11.5. The van der Waals surface area contributed by atoms with Crippen molar-refractivity contribution in [3.05, 3.63) is 36.5 Å². The zero-order valence-corrected chi connectivity index (χ0v) is 25.7. The molecule has 15 heteroatoms. The second kappa shape index (κ2) is 16.3. The van der Waals surface area contributed by atoms with Gasteiger partial charge in [0.05, 0.1) is 59.3 Å². The van der Waals surface area contributed by atoms with Gasteiger partial charge in [0, 0.05) is 61.5 Å². The largest absolute Gasteiger partial charge is 0.460 e. The minimum Gasteiger partial charge on any atom is -0.460 e. The van der Waals surface area contributed by atoms with Crippen LogP contribution in [0, 0.1) is 5.41 Å². The lowest BCUT2D eigenvalue weighted by Crippen LogP contribution is -2.57. The Kier molecular flexibility index (Phi) is 12.8. The number of nitrogens with zero attached hydrogens (tertiary/aromatic N) is 3. The predicted octanol–water partition coefficient (Wildman–Crippen LogP) is -0.454. The molecule has 3 aliphatic heterocycles. The first-order valence-corrected chi connectivity index (χ1v) is 14.4. The molecule has 3 rings (SSSR count). The third-order valence-corrected chi connectivity index (χ3v) is 6.58. The Balaban J connectivity index is 1.47. The van der Waals surface area contributed by atoms with Crippen LogP contribution in [0.15, 0.2) is 36.5 Å². The van der Waals surface area contributed by atoms with Gasteiger partial charge in [0.15, 0.2) is 0 Å². The predicted molar refractivity (Wildman–Crippen MR) is 154 cm³/mol. The Bertz CT molecular complexity index is 1090. The van der Waals surface area contributed by atoms with Crippen molar-refractivity contribution in [3.8, 4) is 0 Å². The van der Waals surface area contributed by atoms with Gasteiger partial charge in [-0.2, -0.15) is 0 Å².